The first-order chi connectivity index (χ1) is 15.5. The van der Waals surface area contributed by atoms with Gasteiger partial charge < -0.3 is 10.1 Å². The van der Waals surface area contributed by atoms with Crippen molar-refractivity contribution in [1.82, 2.24) is 25.2 Å². The number of esters is 1. The van der Waals surface area contributed by atoms with E-state index in [1.807, 2.05) is 0 Å². The van der Waals surface area contributed by atoms with E-state index >= 15 is 0 Å². The SMILES string of the molecule is COC(=O)C1CN(C2CCCCC2)CCC1NC(=O)c1cn(-c2ccc(F)cc2F)nn1. The minimum atomic E-state index is -0.817. The first kappa shape index (κ1) is 22.3. The fourth-order valence-corrected chi connectivity index (χ4v) is 4.71. The highest BCUT2D eigenvalue weighted by Crippen LogP contribution is 2.28. The number of hydrogen-bond acceptors (Lipinski definition) is 6. The van der Waals surface area contributed by atoms with E-state index in [-0.39, 0.29) is 17.4 Å². The van der Waals surface area contributed by atoms with E-state index in [0.717, 1.165) is 36.2 Å². The van der Waals surface area contributed by atoms with E-state index in [4.69, 9.17) is 4.74 Å². The molecule has 0 radical (unpaired) electrons. The van der Waals surface area contributed by atoms with Gasteiger partial charge >= 0.3 is 5.97 Å². The summed E-state index contributed by atoms with van der Waals surface area (Å²) in [4.78, 5) is 27.6. The van der Waals surface area contributed by atoms with Gasteiger partial charge in [-0.2, -0.15) is 0 Å². The number of rotatable bonds is 5. The summed E-state index contributed by atoms with van der Waals surface area (Å²) in [5.41, 5.74) is -0.0433. The minimum Gasteiger partial charge on any atom is -0.469 e. The average Bonchev–Trinajstić information content (AvgIpc) is 3.29. The van der Waals surface area contributed by atoms with Gasteiger partial charge in [-0.15, -0.1) is 5.10 Å². The smallest absolute Gasteiger partial charge is 0.312 e. The number of benzene rings is 1. The number of aromatic nitrogens is 3. The fraction of sp³-hybridized carbons (Fsp3) is 0.545. The Morgan fingerprint density at radius 1 is 1.16 bits per heavy atom. The molecule has 1 aliphatic heterocycles. The molecule has 1 aromatic heterocycles. The van der Waals surface area contributed by atoms with E-state index < -0.39 is 29.5 Å². The van der Waals surface area contributed by atoms with Crippen LogP contribution < -0.4 is 5.32 Å². The highest BCUT2D eigenvalue weighted by molar-refractivity contribution is 5.92. The number of nitrogens with zero attached hydrogens (tertiary/aromatic N) is 4. The fourth-order valence-electron chi connectivity index (χ4n) is 4.71. The molecule has 2 fully saturated rings. The molecule has 1 amide bonds. The third kappa shape index (κ3) is 4.79. The van der Waals surface area contributed by atoms with Crippen molar-refractivity contribution in [3.63, 3.8) is 0 Å². The normalized spacial score (nSPS) is 22.5. The largest absolute Gasteiger partial charge is 0.469 e. The summed E-state index contributed by atoms with van der Waals surface area (Å²) in [7, 11) is 1.35. The zero-order valence-corrected chi connectivity index (χ0v) is 18.0. The molecular weight excluding hydrogens is 420 g/mol. The molecular formula is C22H27F2N5O3. The maximum absolute atomic E-state index is 14.0. The molecule has 2 aliphatic rings. The molecule has 1 N–H and O–H groups in total. The lowest BCUT2D eigenvalue weighted by Gasteiger charge is -2.42. The molecule has 32 heavy (non-hydrogen) atoms. The molecule has 2 heterocycles. The number of halogens is 2. The molecule has 0 bridgehead atoms. The van der Waals surface area contributed by atoms with Crippen LogP contribution in [-0.2, 0) is 9.53 Å². The van der Waals surface area contributed by atoms with Gasteiger partial charge in [-0.25, -0.2) is 13.5 Å². The number of nitrogens with one attached hydrogen (secondary N) is 1. The number of hydrogen-bond donors (Lipinski definition) is 1. The van der Waals surface area contributed by atoms with Crippen LogP contribution in [0.1, 0.15) is 49.0 Å². The van der Waals surface area contributed by atoms with Crippen molar-refractivity contribution in [3.8, 4) is 5.69 Å². The number of likely N-dealkylation sites (tertiary alicyclic amines) is 1. The topological polar surface area (TPSA) is 89.4 Å². The summed E-state index contributed by atoms with van der Waals surface area (Å²) in [5, 5.41) is 10.5. The van der Waals surface area contributed by atoms with Crippen LogP contribution in [0.3, 0.4) is 0 Å². The zero-order chi connectivity index (χ0) is 22.7. The Labute approximate surface area is 184 Å². The van der Waals surface area contributed by atoms with Crippen LogP contribution >= 0.6 is 0 Å². The van der Waals surface area contributed by atoms with Crippen LogP contribution in [0.2, 0.25) is 0 Å². The minimum absolute atomic E-state index is 0.0212. The van der Waals surface area contributed by atoms with Crippen LogP contribution in [0, 0.1) is 17.6 Å². The Kier molecular flexibility index (Phi) is 6.78. The van der Waals surface area contributed by atoms with E-state index in [1.54, 1.807) is 0 Å². The molecule has 1 aliphatic carbocycles. The number of methoxy groups -OCH3 is 1. The summed E-state index contributed by atoms with van der Waals surface area (Å²) >= 11 is 0. The lowest BCUT2D eigenvalue weighted by atomic mass is 9.87. The predicted molar refractivity (Wildman–Crippen MR) is 111 cm³/mol. The van der Waals surface area contributed by atoms with Crippen molar-refractivity contribution >= 4 is 11.9 Å². The molecule has 1 saturated heterocycles. The number of amides is 1. The summed E-state index contributed by atoms with van der Waals surface area (Å²) in [5.74, 6) is -2.87. The molecule has 8 nitrogen and oxygen atoms in total. The molecule has 0 spiro atoms. The maximum atomic E-state index is 14.0. The van der Waals surface area contributed by atoms with Crippen LogP contribution in [0.5, 0.6) is 0 Å². The van der Waals surface area contributed by atoms with Crippen molar-refractivity contribution in [2.24, 2.45) is 5.92 Å². The van der Waals surface area contributed by atoms with Crippen LogP contribution in [-0.4, -0.2) is 64.1 Å². The lowest BCUT2D eigenvalue weighted by molar-refractivity contribution is -0.148. The molecule has 1 aromatic carbocycles. The average molecular weight is 447 g/mol. The van der Waals surface area contributed by atoms with Crippen molar-refractivity contribution in [2.75, 3.05) is 20.2 Å². The molecule has 2 unspecified atom stereocenters. The van der Waals surface area contributed by atoms with Gasteiger partial charge in [0.25, 0.3) is 5.91 Å². The summed E-state index contributed by atoms with van der Waals surface area (Å²) in [6.45, 7) is 1.33. The second-order valence-corrected chi connectivity index (χ2v) is 8.43. The Morgan fingerprint density at radius 3 is 2.66 bits per heavy atom. The van der Waals surface area contributed by atoms with Gasteiger partial charge in [0.2, 0.25) is 0 Å². The molecule has 4 rings (SSSR count). The van der Waals surface area contributed by atoms with Crippen LogP contribution in [0.4, 0.5) is 8.78 Å². The Hall–Kier alpha value is -2.88. The summed E-state index contributed by atoms with van der Waals surface area (Å²) < 4.78 is 33.2. The number of piperidine rings is 1. The van der Waals surface area contributed by atoms with Gasteiger partial charge in [-0.05, 0) is 31.4 Å². The quantitative estimate of drug-likeness (QED) is 0.709. The second-order valence-electron chi connectivity index (χ2n) is 8.43. The van der Waals surface area contributed by atoms with Crippen molar-refractivity contribution in [2.45, 2.75) is 50.6 Å². The van der Waals surface area contributed by atoms with E-state index in [0.29, 0.717) is 19.0 Å². The monoisotopic (exact) mass is 447 g/mol. The van der Waals surface area contributed by atoms with E-state index in [1.165, 1.54) is 38.6 Å². The Balaban J connectivity index is 1.44. The zero-order valence-electron chi connectivity index (χ0n) is 18.0. The first-order valence-electron chi connectivity index (χ1n) is 11.0. The van der Waals surface area contributed by atoms with Gasteiger partial charge in [0, 0.05) is 31.2 Å². The van der Waals surface area contributed by atoms with Crippen LogP contribution in [0.25, 0.3) is 5.69 Å². The number of carbonyl (C=O) groups excluding carboxylic acids is 2. The first-order valence-corrected chi connectivity index (χ1v) is 11.0. The third-order valence-corrected chi connectivity index (χ3v) is 6.44. The standard InChI is InChI=1S/C22H27F2N5O3/c1-32-22(31)16-12-28(15-5-3-2-4-6-15)10-9-18(16)25-21(30)19-13-29(27-26-19)20-8-7-14(23)11-17(20)24/h7-8,11,13,15-16,18H,2-6,9-10,12H2,1H3,(H,25,30). The highest BCUT2D eigenvalue weighted by Gasteiger charge is 2.38. The summed E-state index contributed by atoms with van der Waals surface area (Å²) in [6.07, 6.45) is 7.82. The van der Waals surface area contributed by atoms with Crippen molar-refractivity contribution in [1.29, 1.82) is 0 Å². The molecule has 2 aromatic rings. The Morgan fingerprint density at radius 2 is 1.94 bits per heavy atom. The van der Waals surface area contributed by atoms with Gasteiger partial charge in [0.1, 0.15) is 11.5 Å². The number of ether oxygens (including phenoxy) is 1. The van der Waals surface area contributed by atoms with E-state index in [9.17, 15) is 18.4 Å². The Bertz CT molecular complexity index is 976. The van der Waals surface area contributed by atoms with Crippen molar-refractivity contribution < 1.29 is 23.1 Å². The summed E-state index contributed by atoms with van der Waals surface area (Å²) in [6, 6.07) is 3.12. The van der Waals surface area contributed by atoms with E-state index in [2.05, 4.69) is 20.5 Å². The van der Waals surface area contributed by atoms with Gasteiger partial charge in [-0.1, -0.05) is 24.5 Å². The molecule has 172 valence electrons. The van der Waals surface area contributed by atoms with Gasteiger partial charge in [0.05, 0.1) is 19.2 Å². The second kappa shape index (κ2) is 9.72. The highest BCUT2D eigenvalue weighted by atomic mass is 19.1. The molecule has 1 saturated carbocycles. The van der Waals surface area contributed by atoms with Gasteiger partial charge in [-0.3, -0.25) is 14.5 Å². The third-order valence-electron chi connectivity index (χ3n) is 6.44. The molecule has 2 atom stereocenters. The van der Waals surface area contributed by atoms with Crippen molar-refractivity contribution in [3.05, 3.63) is 41.7 Å². The van der Waals surface area contributed by atoms with Gasteiger partial charge in [0.15, 0.2) is 11.5 Å². The maximum Gasteiger partial charge on any atom is 0.312 e. The van der Waals surface area contributed by atoms with Crippen LogP contribution in [0.15, 0.2) is 24.4 Å². The lowest BCUT2D eigenvalue weighted by Crippen LogP contribution is -2.56. The molecule has 10 heteroatoms. The number of carbonyl (C=O) groups is 2. The predicted octanol–water partition coefficient (Wildman–Crippen LogP) is 2.47.